The van der Waals surface area contributed by atoms with E-state index < -0.39 is 54.6 Å². The van der Waals surface area contributed by atoms with E-state index in [2.05, 4.69) is 15.6 Å². The van der Waals surface area contributed by atoms with Gasteiger partial charge in [0.05, 0.1) is 12.5 Å². The molecule has 3 fully saturated rings. The Balaban J connectivity index is 1.37. The van der Waals surface area contributed by atoms with Gasteiger partial charge in [0.2, 0.25) is 17.7 Å². The maximum atomic E-state index is 14.1. The van der Waals surface area contributed by atoms with E-state index in [0.29, 0.717) is 18.9 Å². The van der Waals surface area contributed by atoms with Crippen LogP contribution in [0.25, 0.3) is 10.8 Å². The maximum Gasteiger partial charge on any atom is 0.478 e. The van der Waals surface area contributed by atoms with Gasteiger partial charge in [-0.05, 0) is 55.0 Å². The quantitative estimate of drug-likeness (QED) is 0.435. The molecular weight excluding hydrogens is 527 g/mol. The minimum atomic E-state index is -1.11. The molecular formula is C29H39BN4O7. The van der Waals surface area contributed by atoms with Crippen molar-refractivity contribution >= 4 is 35.8 Å². The molecule has 3 aliphatic rings. The first kappa shape index (κ1) is 29.1. The van der Waals surface area contributed by atoms with Crippen molar-refractivity contribution in [1.82, 2.24) is 20.5 Å². The van der Waals surface area contributed by atoms with Gasteiger partial charge in [-0.2, -0.15) is 0 Å². The monoisotopic (exact) mass is 566 g/mol. The van der Waals surface area contributed by atoms with Crippen LogP contribution in [-0.2, 0) is 19.0 Å². The fourth-order valence-electron chi connectivity index (χ4n) is 5.84. The highest BCUT2D eigenvalue weighted by Gasteiger charge is 2.47. The molecule has 1 saturated carbocycles. The van der Waals surface area contributed by atoms with Crippen LogP contribution in [0, 0.1) is 5.41 Å². The van der Waals surface area contributed by atoms with E-state index in [-0.39, 0.29) is 19.1 Å². The van der Waals surface area contributed by atoms with Crippen LogP contribution in [0.15, 0.2) is 36.5 Å². The Morgan fingerprint density at radius 3 is 2.59 bits per heavy atom. The number of hydrogen-bond donors (Lipinski definition) is 3. The molecule has 3 N–H and O–H groups in total. The molecule has 12 heteroatoms. The Hall–Kier alpha value is -3.38. The molecule has 3 amide bonds. The lowest BCUT2D eigenvalue weighted by molar-refractivity contribution is -0.142. The lowest BCUT2D eigenvalue weighted by Gasteiger charge is -2.35. The molecule has 0 radical (unpaired) electrons. The standard InChI is InChI=1S/C29H39BN4O7/c1-29(2,3)24(33-28(37)41-19-9-5-6-10-19)27(36)34-17-20(16-22(34)25(35)32-23-13-15-39-30(23)38)40-26-21-11-7-4-8-18(21)12-14-31-26/h4,7-8,11-12,14,19-20,22-24,38H,5-6,9-10,13,15-17H2,1-3H3,(H,32,35)(H,33,37). The summed E-state index contributed by atoms with van der Waals surface area (Å²) in [6.45, 7) is 6.03. The van der Waals surface area contributed by atoms with Gasteiger partial charge in [-0.15, -0.1) is 0 Å². The number of ether oxygens (including phenoxy) is 2. The van der Waals surface area contributed by atoms with Gasteiger partial charge in [0.25, 0.3) is 0 Å². The number of benzene rings is 1. The van der Waals surface area contributed by atoms with Gasteiger partial charge < -0.3 is 34.7 Å². The molecule has 4 atom stereocenters. The zero-order valence-corrected chi connectivity index (χ0v) is 23.9. The number of rotatable bonds is 7. The van der Waals surface area contributed by atoms with Crippen LogP contribution in [0.5, 0.6) is 5.88 Å². The number of carbonyl (C=O) groups excluding carboxylic acids is 3. The first-order valence-electron chi connectivity index (χ1n) is 14.5. The van der Waals surface area contributed by atoms with E-state index in [1.165, 1.54) is 4.90 Å². The number of nitrogens with one attached hydrogen (secondary N) is 2. The molecule has 220 valence electrons. The summed E-state index contributed by atoms with van der Waals surface area (Å²) < 4.78 is 17.1. The fourth-order valence-corrected chi connectivity index (χ4v) is 5.84. The van der Waals surface area contributed by atoms with Crippen LogP contribution in [0.1, 0.15) is 59.3 Å². The van der Waals surface area contributed by atoms with Crippen LogP contribution in [0.4, 0.5) is 4.79 Å². The maximum absolute atomic E-state index is 14.1. The Bertz CT molecular complexity index is 1260. The second-order valence-electron chi connectivity index (χ2n) is 12.2. The smallest absolute Gasteiger partial charge is 0.472 e. The third-order valence-electron chi connectivity index (χ3n) is 8.10. The zero-order chi connectivity index (χ0) is 29.1. The number of fused-ring (bicyclic) bond motifs is 1. The largest absolute Gasteiger partial charge is 0.478 e. The first-order chi connectivity index (χ1) is 19.6. The number of amides is 3. The van der Waals surface area contributed by atoms with Gasteiger partial charge in [0.15, 0.2) is 0 Å². The number of nitrogens with zero attached hydrogens (tertiary/aromatic N) is 2. The van der Waals surface area contributed by atoms with Crippen LogP contribution in [0.3, 0.4) is 0 Å². The lowest BCUT2D eigenvalue weighted by atomic mass is 9.80. The first-order valence-corrected chi connectivity index (χ1v) is 14.5. The van der Waals surface area contributed by atoms with Gasteiger partial charge in [-0.3, -0.25) is 9.59 Å². The fraction of sp³-hybridized carbons (Fsp3) is 0.586. The van der Waals surface area contributed by atoms with Crippen LogP contribution in [-0.4, -0.2) is 83.3 Å². The highest BCUT2D eigenvalue weighted by Crippen LogP contribution is 2.31. The number of pyridine rings is 1. The molecule has 3 heterocycles. The molecule has 41 heavy (non-hydrogen) atoms. The van der Waals surface area contributed by atoms with Gasteiger partial charge in [-0.25, -0.2) is 9.78 Å². The summed E-state index contributed by atoms with van der Waals surface area (Å²) in [5, 5.41) is 17.5. The molecule has 2 aromatic rings. The Labute approximate surface area is 240 Å². The van der Waals surface area contributed by atoms with Crippen LogP contribution < -0.4 is 15.4 Å². The van der Waals surface area contributed by atoms with Crippen LogP contribution >= 0.6 is 0 Å². The zero-order valence-electron chi connectivity index (χ0n) is 23.9. The van der Waals surface area contributed by atoms with Gasteiger partial charge >= 0.3 is 13.2 Å². The van der Waals surface area contributed by atoms with E-state index in [9.17, 15) is 19.4 Å². The number of hydrogen-bond acceptors (Lipinski definition) is 8. The third kappa shape index (κ3) is 6.75. The van der Waals surface area contributed by atoms with Crippen molar-refractivity contribution in [3.63, 3.8) is 0 Å². The average Bonchev–Trinajstić information content (AvgIpc) is 3.69. The van der Waals surface area contributed by atoms with E-state index >= 15 is 0 Å². The topological polar surface area (TPSA) is 139 Å². The highest BCUT2D eigenvalue weighted by molar-refractivity contribution is 6.46. The summed E-state index contributed by atoms with van der Waals surface area (Å²) >= 11 is 0. The van der Waals surface area contributed by atoms with E-state index in [0.717, 1.165) is 36.5 Å². The average molecular weight is 566 g/mol. The summed E-state index contributed by atoms with van der Waals surface area (Å²) in [7, 11) is -1.11. The summed E-state index contributed by atoms with van der Waals surface area (Å²) in [5.74, 6) is -0.962. The summed E-state index contributed by atoms with van der Waals surface area (Å²) in [6, 6.07) is 7.77. The predicted molar refractivity (Wildman–Crippen MR) is 152 cm³/mol. The van der Waals surface area contributed by atoms with Crippen LogP contribution in [0.2, 0.25) is 0 Å². The Kier molecular flexibility index (Phi) is 8.70. The molecule has 1 aromatic heterocycles. The molecule has 0 spiro atoms. The molecule has 0 bridgehead atoms. The Morgan fingerprint density at radius 1 is 1.12 bits per heavy atom. The molecule has 11 nitrogen and oxygen atoms in total. The summed E-state index contributed by atoms with van der Waals surface area (Å²) in [4.78, 5) is 46.4. The minimum Gasteiger partial charge on any atom is -0.472 e. The SMILES string of the molecule is CC(C)(C)C(NC(=O)OC1CCCC1)C(=O)N1CC(Oc2nccc3ccccc23)CC1C(=O)NC1CCOB1O. The van der Waals surface area contributed by atoms with Gasteiger partial charge in [0.1, 0.15) is 24.3 Å². The van der Waals surface area contributed by atoms with Crippen molar-refractivity contribution in [3.8, 4) is 5.88 Å². The highest BCUT2D eigenvalue weighted by atomic mass is 16.6. The molecule has 2 saturated heterocycles. The summed E-state index contributed by atoms with van der Waals surface area (Å²) in [5.41, 5.74) is -0.668. The second-order valence-corrected chi connectivity index (χ2v) is 12.2. The Morgan fingerprint density at radius 2 is 1.88 bits per heavy atom. The van der Waals surface area contributed by atoms with Crippen molar-refractivity contribution in [2.45, 2.75) is 89.5 Å². The van der Waals surface area contributed by atoms with Gasteiger partial charge in [0, 0.05) is 24.6 Å². The van der Waals surface area contributed by atoms with Crippen molar-refractivity contribution < 1.29 is 33.5 Å². The third-order valence-corrected chi connectivity index (χ3v) is 8.10. The normalized spacial score (nSPS) is 24.0. The number of alkyl carbamates (subject to hydrolysis) is 1. The molecule has 1 aromatic carbocycles. The molecule has 5 rings (SSSR count). The van der Waals surface area contributed by atoms with Gasteiger partial charge in [-0.1, -0.05) is 39.0 Å². The van der Waals surface area contributed by atoms with E-state index in [1.807, 2.05) is 51.1 Å². The second kappa shape index (κ2) is 12.2. The molecule has 1 aliphatic carbocycles. The predicted octanol–water partition coefficient (Wildman–Crippen LogP) is 2.59. The molecule has 4 unspecified atom stereocenters. The van der Waals surface area contributed by atoms with Crippen molar-refractivity contribution in [3.05, 3.63) is 36.5 Å². The number of carbonyl (C=O) groups is 3. The van der Waals surface area contributed by atoms with E-state index in [1.54, 1.807) is 6.20 Å². The van der Waals surface area contributed by atoms with Crippen molar-refractivity contribution in [2.24, 2.45) is 5.41 Å². The van der Waals surface area contributed by atoms with Crippen molar-refractivity contribution in [2.75, 3.05) is 13.2 Å². The van der Waals surface area contributed by atoms with Crippen molar-refractivity contribution in [1.29, 1.82) is 0 Å². The lowest BCUT2D eigenvalue weighted by Crippen LogP contribution is -2.59. The summed E-state index contributed by atoms with van der Waals surface area (Å²) in [6.07, 6.45) is 4.69. The molecule has 2 aliphatic heterocycles. The number of likely N-dealkylation sites (tertiary alicyclic amines) is 1. The number of aromatic nitrogens is 1. The van der Waals surface area contributed by atoms with E-state index in [4.69, 9.17) is 14.1 Å². The minimum absolute atomic E-state index is 0.122.